The van der Waals surface area contributed by atoms with Gasteiger partial charge in [0.15, 0.2) is 11.2 Å². The first kappa shape index (κ1) is 44.6. The summed E-state index contributed by atoms with van der Waals surface area (Å²) in [5, 5.41) is 17.0. The number of hydrogen-bond acceptors (Lipinski definition) is 14. The number of carbonyl (C=O) groups is 3. The predicted octanol–water partition coefficient (Wildman–Crippen LogP) is 2.53. The zero-order valence-corrected chi connectivity index (χ0v) is 35.6. The van der Waals surface area contributed by atoms with Crippen LogP contribution in [0.2, 0.25) is 0 Å². The Bertz CT molecular complexity index is 2280. The minimum Gasteiger partial charge on any atom is -0.490 e. The Morgan fingerprint density at radius 1 is 1.25 bits per heavy atom. The third-order valence-electron chi connectivity index (χ3n) is 10.9. The number of ether oxygens (including phenoxy) is 2. The highest BCUT2D eigenvalue weighted by atomic mass is 32.2. The summed E-state index contributed by atoms with van der Waals surface area (Å²) in [6.07, 6.45) is 6.61. The zero-order valence-electron chi connectivity index (χ0n) is 34.8. The maximum absolute atomic E-state index is 15.4. The number of hydrogen-bond donors (Lipinski definition) is 4. The van der Waals surface area contributed by atoms with Crippen LogP contribution < -0.4 is 41.1 Å². The van der Waals surface area contributed by atoms with E-state index < -0.39 is 22.8 Å². The van der Waals surface area contributed by atoms with Crippen molar-refractivity contribution in [2.45, 2.75) is 56.6 Å². The van der Waals surface area contributed by atoms with E-state index in [0.717, 1.165) is 32.1 Å². The van der Waals surface area contributed by atoms with Gasteiger partial charge >= 0.3 is 0 Å². The number of imide groups is 1. The second-order valence-electron chi connectivity index (χ2n) is 15.5. The molecule has 1 aromatic heterocycles. The van der Waals surface area contributed by atoms with E-state index in [1.54, 1.807) is 31.1 Å². The number of anilines is 3. The third-order valence-corrected chi connectivity index (χ3v) is 12.3. The lowest BCUT2D eigenvalue weighted by Crippen LogP contribution is -2.63. The lowest BCUT2D eigenvalue weighted by atomic mass is 9.75. The zero-order chi connectivity index (χ0) is 43.8. The predicted molar refractivity (Wildman–Crippen MR) is 231 cm³/mol. The fraction of sp³-hybridized carbons (Fsp3) is 0.439. The molecule has 3 aliphatic heterocycles. The number of nitrogens with two attached hydrogens (primary N) is 1. The lowest BCUT2D eigenvalue weighted by Gasteiger charge is -2.53. The summed E-state index contributed by atoms with van der Waals surface area (Å²) in [5.41, 5.74) is 7.82. The number of nitrogens with one attached hydrogen (secondary N) is 3. The SMILES string of the molecule is C=Nn1cnc(/C(C=N)=C/N)c(OC(C)C)/c1=N/CNc1ccc(S(=O)N2CC3(CCCN(CCOc4cccc(N(C)C5CCC(=O)NC5=O)c4N(C)C=O)C3)C2)cc1F. The fourth-order valence-electron chi connectivity index (χ4n) is 7.93. The first-order chi connectivity index (χ1) is 29.3. The number of aromatic nitrogens is 2. The molecule has 18 nitrogen and oxygen atoms in total. The van der Waals surface area contributed by atoms with Gasteiger partial charge in [-0.15, -0.1) is 0 Å². The molecule has 2 unspecified atom stereocenters. The summed E-state index contributed by atoms with van der Waals surface area (Å²) in [5.74, 6) is -0.538. The molecule has 3 saturated heterocycles. The van der Waals surface area contributed by atoms with Gasteiger partial charge in [-0.1, -0.05) is 6.07 Å². The van der Waals surface area contributed by atoms with E-state index >= 15 is 4.39 Å². The Morgan fingerprint density at radius 3 is 2.70 bits per heavy atom. The van der Waals surface area contributed by atoms with Gasteiger partial charge in [-0.2, -0.15) is 5.10 Å². The molecule has 0 aliphatic carbocycles. The highest BCUT2D eigenvalue weighted by molar-refractivity contribution is 7.82. The molecular formula is C41H53FN12O6S. The average Bonchev–Trinajstić information content (AvgIpc) is 3.23. The molecule has 2 aromatic carbocycles. The Hall–Kier alpha value is -5.99. The molecule has 2 atom stereocenters. The summed E-state index contributed by atoms with van der Waals surface area (Å²) >= 11 is 0. The first-order valence-corrected chi connectivity index (χ1v) is 21.0. The molecule has 3 aliphatic rings. The largest absolute Gasteiger partial charge is 0.490 e. The van der Waals surface area contributed by atoms with Crippen LogP contribution >= 0.6 is 0 Å². The van der Waals surface area contributed by atoms with Crippen LogP contribution in [0.5, 0.6) is 11.5 Å². The monoisotopic (exact) mass is 860 g/mol. The van der Waals surface area contributed by atoms with E-state index in [4.69, 9.17) is 20.6 Å². The number of halogens is 1. The molecule has 1 spiro atoms. The molecule has 5 N–H and O–H groups in total. The van der Waals surface area contributed by atoms with Gasteiger partial charge in [0.1, 0.15) is 59.6 Å². The molecule has 3 fully saturated rings. The molecule has 326 valence electrons. The summed E-state index contributed by atoms with van der Waals surface area (Å²) in [6.45, 7) is 11.0. The second-order valence-corrected chi connectivity index (χ2v) is 17.0. The normalized spacial score (nSPS) is 18.9. The second kappa shape index (κ2) is 19.6. The van der Waals surface area contributed by atoms with Crippen molar-refractivity contribution < 1.29 is 32.5 Å². The topological polar surface area (TPSA) is 216 Å². The molecule has 0 bridgehead atoms. The maximum atomic E-state index is 15.4. The van der Waals surface area contributed by atoms with Gasteiger partial charge in [-0.25, -0.2) is 27.6 Å². The summed E-state index contributed by atoms with van der Waals surface area (Å²) in [7, 11) is 1.82. The van der Waals surface area contributed by atoms with Crippen molar-refractivity contribution in [3.05, 3.63) is 65.9 Å². The Morgan fingerprint density at radius 2 is 2.03 bits per heavy atom. The van der Waals surface area contributed by atoms with Crippen molar-refractivity contribution in [1.82, 2.24) is 24.2 Å². The van der Waals surface area contributed by atoms with Gasteiger partial charge in [-0.3, -0.25) is 24.6 Å². The number of nitrogens with zero attached hydrogens (tertiary/aromatic N) is 8. The van der Waals surface area contributed by atoms with E-state index in [1.165, 1.54) is 34.2 Å². The molecular weight excluding hydrogens is 808 g/mol. The number of benzene rings is 2. The van der Waals surface area contributed by atoms with Gasteiger partial charge in [0.05, 0.1) is 22.4 Å². The minimum absolute atomic E-state index is 0.0511. The van der Waals surface area contributed by atoms with Gasteiger partial charge in [0.2, 0.25) is 18.2 Å². The third kappa shape index (κ3) is 9.98. The van der Waals surface area contributed by atoms with Gasteiger partial charge in [0.25, 0.3) is 0 Å². The van der Waals surface area contributed by atoms with Crippen LogP contribution in [-0.4, -0.2) is 126 Å². The van der Waals surface area contributed by atoms with Crippen LogP contribution in [0.15, 0.2) is 63.9 Å². The van der Waals surface area contributed by atoms with E-state index in [-0.39, 0.29) is 53.3 Å². The molecule has 61 heavy (non-hydrogen) atoms. The number of amides is 3. The van der Waals surface area contributed by atoms with Crippen molar-refractivity contribution in [1.29, 1.82) is 5.41 Å². The molecule has 6 rings (SSSR count). The number of likely N-dealkylation sites (N-methyl/N-ethyl adjacent to an activating group) is 1. The average molecular weight is 861 g/mol. The molecule has 0 radical (unpaired) electrons. The van der Waals surface area contributed by atoms with E-state index in [1.807, 2.05) is 30.3 Å². The maximum Gasteiger partial charge on any atom is 0.249 e. The van der Waals surface area contributed by atoms with Gasteiger partial charge < -0.3 is 35.7 Å². The number of allylic oxidation sites excluding steroid dienone is 1. The summed E-state index contributed by atoms with van der Waals surface area (Å²) in [4.78, 5) is 51.1. The summed E-state index contributed by atoms with van der Waals surface area (Å²) < 4.78 is 44.5. The van der Waals surface area contributed by atoms with Crippen LogP contribution in [0.3, 0.4) is 0 Å². The molecule has 3 aromatic rings. The van der Waals surface area contributed by atoms with E-state index in [2.05, 4.69) is 37.3 Å². The lowest BCUT2D eigenvalue weighted by molar-refractivity contribution is -0.134. The number of likely N-dealkylation sites (tertiary alicyclic amines) is 1. The highest BCUT2D eigenvalue weighted by Crippen LogP contribution is 2.42. The first-order valence-electron chi connectivity index (χ1n) is 19.9. The minimum atomic E-state index is -1.57. The number of piperidine rings is 2. The Kier molecular flexibility index (Phi) is 14.3. The van der Waals surface area contributed by atoms with Crippen molar-refractivity contribution in [3.8, 4) is 11.5 Å². The number of carbonyl (C=O) groups excluding carboxylic acids is 3. The van der Waals surface area contributed by atoms with Crippen molar-refractivity contribution in [2.75, 3.05) is 75.2 Å². The van der Waals surface area contributed by atoms with Crippen LogP contribution in [-0.2, 0) is 25.4 Å². The fourth-order valence-corrected chi connectivity index (χ4v) is 9.40. The van der Waals surface area contributed by atoms with Crippen LogP contribution in [0.25, 0.3) is 5.57 Å². The smallest absolute Gasteiger partial charge is 0.249 e. The van der Waals surface area contributed by atoms with Crippen LogP contribution in [0.4, 0.5) is 21.5 Å². The van der Waals surface area contributed by atoms with Crippen molar-refractivity contribution in [3.63, 3.8) is 0 Å². The Labute approximate surface area is 356 Å². The number of para-hydroxylation sites is 1. The van der Waals surface area contributed by atoms with Crippen molar-refractivity contribution >= 4 is 64.8 Å². The van der Waals surface area contributed by atoms with E-state index in [0.29, 0.717) is 72.4 Å². The molecule has 20 heteroatoms. The Balaban J connectivity index is 1.05. The summed E-state index contributed by atoms with van der Waals surface area (Å²) in [6, 6.07) is 9.28. The van der Waals surface area contributed by atoms with Gasteiger partial charge in [0, 0.05) is 76.8 Å². The van der Waals surface area contributed by atoms with Crippen LogP contribution in [0.1, 0.15) is 45.2 Å². The standard InChI is InChI=1S/C41H53FN12O6S/c1-27(2)60-38-36(28(19-43)20-44)48-25-54(45-3)39(38)47-24-46-31-11-10-29(18-30(31)42)61(58)53-22-41(23-53)14-7-15-52(21-41)16-17-59-34-9-6-8-32(37(34)50(4)26-55)51(5)33-12-13-35(56)49-40(33)57/h6,8-11,18-20,25-27,33,43,46H,3,7,12-17,21-24,44H2,1-2,4-5H3,(H,49,56,57)/b28-20+,43-19?,47-39-. The number of rotatable bonds is 18. The molecule has 0 saturated carbocycles. The van der Waals surface area contributed by atoms with Gasteiger partial charge in [-0.05, 0) is 70.0 Å². The van der Waals surface area contributed by atoms with Crippen molar-refractivity contribution in [2.24, 2.45) is 21.2 Å². The van der Waals surface area contributed by atoms with Crippen LogP contribution in [0, 0.1) is 16.6 Å². The molecule has 3 amide bonds. The van der Waals surface area contributed by atoms with E-state index in [9.17, 15) is 18.6 Å². The molecule has 4 heterocycles. The highest BCUT2D eigenvalue weighted by Gasteiger charge is 2.47. The quantitative estimate of drug-likeness (QED) is 0.0829.